The lowest BCUT2D eigenvalue weighted by molar-refractivity contribution is 0.414. The SMILES string of the molecule is COc1ccc(S(=O)(=O)c2c(N)n(N)c3nc4ccccc4nc23)cc1. The minimum atomic E-state index is -3.95. The summed E-state index contributed by atoms with van der Waals surface area (Å²) in [6.45, 7) is 0. The predicted octanol–water partition coefficient (Wildman–Crippen LogP) is 1.72. The van der Waals surface area contributed by atoms with E-state index in [9.17, 15) is 8.42 Å². The van der Waals surface area contributed by atoms with Gasteiger partial charge in [0.1, 0.15) is 22.0 Å². The Labute approximate surface area is 148 Å². The smallest absolute Gasteiger partial charge is 0.212 e. The van der Waals surface area contributed by atoms with Crippen molar-refractivity contribution in [2.45, 2.75) is 9.79 Å². The van der Waals surface area contributed by atoms with Crippen LogP contribution in [-0.4, -0.2) is 30.2 Å². The number of nitrogens with two attached hydrogens (primary N) is 2. The van der Waals surface area contributed by atoms with Crippen molar-refractivity contribution in [2.75, 3.05) is 18.7 Å². The first-order chi connectivity index (χ1) is 12.4. The first-order valence-corrected chi connectivity index (χ1v) is 9.12. The monoisotopic (exact) mass is 369 g/mol. The van der Waals surface area contributed by atoms with Crippen LogP contribution in [0.1, 0.15) is 0 Å². The molecule has 4 aromatic rings. The van der Waals surface area contributed by atoms with Crippen LogP contribution >= 0.6 is 0 Å². The van der Waals surface area contributed by atoms with Crippen LogP contribution in [-0.2, 0) is 9.84 Å². The molecule has 0 aliphatic rings. The summed E-state index contributed by atoms with van der Waals surface area (Å²) in [5, 5.41) is 0. The standard InChI is InChI=1S/C17H15N5O3S/c1-25-10-6-8-11(9-7-10)26(23,24)15-14-17(22(19)16(15)18)21-13-5-3-2-4-12(13)20-14/h2-9H,18-19H2,1H3. The zero-order valence-electron chi connectivity index (χ0n) is 13.7. The zero-order chi connectivity index (χ0) is 18.5. The third kappa shape index (κ3) is 2.25. The minimum Gasteiger partial charge on any atom is -0.497 e. The van der Waals surface area contributed by atoms with E-state index in [4.69, 9.17) is 16.3 Å². The molecular formula is C17H15N5O3S. The Hall–Kier alpha value is -3.33. The third-order valence-corrected chi connectivity index (χ3v) is 5.96. The van der Waals surface area contributed by atoms with E-state index in [-0.39, 0.29) is 26.8 Å². The van der Waals surface area contributed by atoms with E-state index in [1.807, 2.05) is 6.07 Å². The molecule has 2 aromatic heterocycles. The number of aromatic nitrogens is 3. The van der Waals surface area contributed by atoms with Gasteiger partial charge in [0.05, 0.1) is 23.0 Å². The largest absolute Gasteiger partial charge is 0.497 e. The molecule has 4 N–H and O–H groups in total. The average molecular weight is 369 g/mol. The number of sulfone groups is 1. The topological polar surface area (TPSA) is 126 Å². The van der Waals surface area contributed by atoms with E-state index in [1.54, 1.807) is 30.3 Å². The second-order valence-electron chi connectivity index (χ2n) is 5.65. The molecule has 26 heavy (non-hydrogen) atoms. The van der Waals surface area contributed by atoms with Crippen LogP contribution in [0.2, 0.25) is 0 Å². The molecule has 0 radical (unpaired) electrons. The maximum absolute atomic E-state index is 13.2. The van der Waals surface area contributed by atoms with E-state index in [1.165, 1.54) is 19.2 Å². The maximum atomic E-state index is 13.2. The Kier molecular flexibility index (Phi) is 3.48. The molecule has 8 nitrogen and oxygen atoms in total. The van der Waals surface area contributed by atoms with Gasteiger partial charge in [-0.3, -0.25) is 0 Å². The highest BCUT2D eigenvalue weighted by molar-refractivity contribution is 7.92. The van der Waals surface area contributed by atoms with Gasteiger partial charge in [0, 0.05) is 0 Å². The molecule has 0 unspecified atom stereocenters. The number of ether oxygens (including phenoxy) is 1. The molecule has 9 heteroatoms. The number of hydrogen-bond acceptors (Lipinski definition) is 7. The van der Waals surface area contributed by atoms with Gasteiger partial charge in [0.2, 0.25) is 9.84 Å². The van der Waals surface area contributed by atoms with Gasteiger partial charge >= 0.3 is 0 Å². The molecule has 0 atom stereocenters. The lowest BCUT2D eigenvalue weighted by Crippen LogP contribution is -2.13. The van der Waals surface area contributed by atoms with Crippen molar-refractivity contribution in [3.63, 3.8) is 0 Å². The molecule has 0 aliphatic carbocycles. The number of rotatable bonds is 3. The summed E-state index contributed by atoms with van der Waals surface area (Å²) in [6, 6.07) is 13.1. The summed E-state index contributed by atoms with van der Waals surface area (Å²) in [5.41, 5.74) is 7.50. The fraction of sp³-hybridized carbons (Fsp3) is 0.0588. The van der Waals surface area contributed by atoms with E-state index in [0.29, 0.717) is 16.8 Å². The van der Waals surface area contributed by atoms with Crippen molar-refractivity contribution < 1.29 is 13.2 Å². The molecule has 0 amide bonds. The molecular weight excluding hydrogens is 354 g/mol. The fourth-order valence-corrected chi connectivity index (χ4v) is 4.29. The number of methoxy groups -OCH3 is 1. The number of benzene rings is 2. The molecule has 0 saturated heterocycles. The van der Waals surface area contributed by atoms with Gasteiger partial charge < -0.3 is 16.3 Å². The van der Waals surface area contributed by atoms with Gasteiger partial charge in [0.25, 0.3) is 0 Å². The Morgan fingerprint density at radius 1 is 1.00 bits per heavy atom. The Morgan fingerprint density at radius 3 is 2.23 bits per heavy atom. The summed E-state index contributed by atoms with van der Waals surface area (Å²) < 4.78 is 32.4. The van der Waals surface area contributed by atoms with Gasteiger partial charge in [0.15, 0.2) is 5.65 Å². The second-order valence-corrected chi connectivity index (χ2v) is 7.53. The summed E-state index contributed by atoms with van der Waals surface area (Å²) in [7, 11) is -2.45. The number of nitrogens with zero attached hydrogens (tertiary/aromatic N) is 3. The fourth-order valence-electron chi connectivity index (χ4n) is 2.79. The minimum absolute atomic E-state index is 0.0625. The van der Waals surface area contributed by atoms with Crippen molar-refractivity contribution in [1.82, 2.24) is 14.6 Å². The molecule has 2 aromatic carbocycles. The third-order valence-electron chi connectivity index (χ3n) is 4.13. The molecule has 4 rings (SSSR count). The maximum Gasteiger partial charge on any atom is 0.212 e. The summed E-state index contributed by atoms with van der Waals surface area (Å²) in [4.78, 5) is 8.75. The van der Waals surface area contributed by atoms with Gasteiger partial charge in [-0.1, -0.05) is 12.1 Å². The van der Waals surface area contributed by atoms with Crippen LogP contribution in [0.25, 0.3) is 22.2 Å². The number of para-hydroxylation sites is 2. The quantitative estimate of drug-likeness (QED) is 0.527. The van der Waals surface area contributed by atoms with Crippen LogP contribution < -0.4 is 16.3 Å². The second kappa shape index (κ2) is 5.60. The van der Waals surface area contributed by atoms with E-state index >= 15 is 0 Å². The molecule has 0 bridgehead atoms. The lowest BCUT2D eigenvalue weighted by Gasteiger charge is -2.06. The van der Waals surface area contributed by atoms with E-state index < -0.39 is 9.84 Å². The Balaban J connectivity index is 2.03. The summed E-state index contributed by atoms with van der Waals surface area (Å²) in [6.07, 6.45) is 0. The molecule has 132 valence electrons. The average Bonchev–Trinajstić information content (AvgIpc) is 2.90. The predicted molar refractivity (Wildman–Crippen MR) is 98.0 cm³/mol. The number of nitrogen functional groups attached to an aromatic ring is 2. The first kappa shape index (κ1) is 16.2. The highest BCUT2D eigenvalue weighted by Crippen LogP contribution is 2.34. The van der Waals surface area contributed by atoms with Gasteiger partial charge in [-0.15, -0.1) is 0 Å². The zero-order valence-corrected chi connectivity index (χ0v) is 14.6. The van der Waals surface area contributed by atoms with Crippen molar-refractivity contribution in [1.29, 1.82) is 0 Å². The van der Waals surface area contributed by atoms with Crippen LogP contribution in [0.5, 0.6) is 5.75 Å². The van der Waals surface area contributed by atoms with Crippen LogP contribution in [0.15, 0.2) is 58.3 Å². The number of anilines is 1. The van der Waals surface area contributed by atoms with E-state index in [0.717, 1.165) is 4.68 Å². The van der Waals surface area contributed by atoms with Crippen LogP contribution in [0, 0.1) is 0 Å². The number of fused-ring (bicyclic) bond motifs is 2. The Bertz CT molecular complexity index is 1250. The summed E-state index contributed by atoms with van der Waals surface area (Å²) >= 11 is 0. The first-order valence-electron chi connectivity index (χ1n) is 7.64. The molecule has 0 saturated carbocycles. The van der Waals surface area contributed by atoms with E-state index in [2.05, 4.69) is 9.97 Å². The van der Waals surface area contributed by atoms with Gasteiger partial charge in [-0.25, -0.2) is 23.1 Å². The lowest BCUT2D eigenvalue weighted by atomic mass is 10.3. The van der Waals surface area contributed by atoms with Gasteiger partial charge in [-0.2, -0.15) is 0 Å². The molecule has 2 heterocycles. The number of hydrogen-bond donors (Lipinski definition) is 2. The highest BCUT2D eigenvalue weighted by atomic mass is 32.2. The van der Waals surface area contributed by atoms with Gasteiger partial charge in [-0.05, 0) is 36.4 Å². The summed E-state index contributed by atoms with van der Waals surface area (Å²) in [5.74, 6) is 6.38. The molecule has 0 aliphatic heterocycles. The molecule has 0 fully saturated rings. The molecule has 0 spiro atoms. The van der Waals surface area contributed by atoms with Crippen LogP contribution in [0.3, 0.4) is 0 Å². The normalized spacial score (nSPS) is 11.9. The van der Waals surface area contributed by atoms with Crippen molar-refractivity contribution >= 4 is 37.9 Å². The van der Waals surface area contributed by atoms with Crippen molar-refractivity contribution in [3.05, 3.63) is 48.5 Å². The van der Waals surface area contributed by atoms with Crippen molar-refractivity contribution in [3.8, 4) is 5.75 Å². The van der Waals surface area contributed by atoms with Crippen molar-refractivity contribution in [2.24, 2.45) is 0 Å². The highest BCUT2D eigenvalue weighted by Gasteiger charge is 2.29. The Morgan fingerprint density at radius 2 is 1.62 bits per heavy atom. The van der Waals surface area contributed by atoms with Crippen LogP contribution in [0.4, 0.5) is 5.82 Å².